The lowest BCUT2D eigenvalue weighted by atomic mass is 9.80. The number of benzene rings is 2. The molecule has 3 heteroatoms. The Morgan fingerprint density at radius 1 is 0.905 bits per heavy atom. The fraction of sp³-hybridized carbons (Fsp3) is 0.333. The third kappa shape index (κ3) is 2.04. The lowest BCUT2D eigenvalue weighted by Gasteiger charge is -2.36. The molecule has 0 radical (unpaired) electrons. The minimum Gasteiger partial charge on any atom is -0.508 e. The summed E-state index contributed by atoms with van der Waals surface area (Å²) in [4.78, 5) is 0. The normalized spacial score (nSPS) is 26.8. The highest BCUT2D eigenvalue weighted by atomic mass is 16.5. The number of hydrogen-bond acceptors (Lipinski definition) is 3. The average molecular weight is 282 g/mol. The molecule has 1 aliphatic heterocycles. The molecule has 0 bridgehead atoms. The zero-order valence-electron chi connectivity index (χ0n) is 11.7. The molecule has 4 rings (SSSR count). The summed E-state index contributed by atoms with van der Waals surface area (Å²) in [5, 5.41) is 19.2. The first kappa shape index (κ1) is 12.6. The van der Waals surface area contributed by atoms with Crippen LogP contribution in [0, 0.1) is 5.92 Å². The molecule has 1 heterocycles. The summed E-state index contributed by atoms with van der Waals surface area (Å²) in [6.45, 7) is 0. The number of ether oxygens (including phenoxy) is 1. The SMILES string of the molecule is Oc1ccc([C@H]2Oc3cc(O)ccc3[C@H]3CCC[C@H]32)cc1. The van der Waals surface area contributed by atoms with Gasteiger partial charge in [0.1, 0.15) is 23.4 Å². The van der Waals surface area contributed by atoms with E-state index in [1.165, 1.54) is 18.4 Å². The van der Waals surface area contributed by atoms with Crippen LogP contribution in [0.25, 0.3) is 0 Å². The summed E-state index contributed by atoms with van der Waals surface area (Å²) in [5.74, 6) is 2.31. The molecule has 1 saturated carbocycles. The van der Waals surface area contributed by atoms with Crippen LogP contribution in [-0.2, 0) is 0 Å². The molecule has 108 valence electrons. The maximum Gasteiger partial charge on any atom is 0.127 e. The third-order valence-electron chi connectivity index (χ3n) is 4.83. The average Bonchev–Trinajstić information content (AvgIpc) is 2.96. The zero-order valence-corrected chi connectivity index (χ0v) is 11.7. The van der Waals surface area contributed by atoms with Gasteiger partial charge in [0.15, 0.2) is 0 Å². The van der Waals surface area contributed by atoms with Gasteiger partial charge < -0.3 is 14.9 Å². The second kappa shape index (κ2) is 4.69. The molecule has 3 nitrogen and oxygen atoms in total. The second-order valence-electron chi connectivity index (χ2n) is 6.05. The Labute approximate surface area is 123 Å². The van der Waals surface area contributed by atoms with E-state index in [0.717, 1.165) is 17.7 Å². The van der Waals surface area contributed by atoms with E-state index in [4.69, 9.17) is 4.74 Å². The van der Waals surface area contributed by atoms with Gasteiger partial charge in [0.2, 0.25) is 0 Å². The van der Waals surface area contributed by atoms with Crippen molar-refractivity contribution in [3.05, 3.63) is 53.6 Å². The van der Waals surface area contributed by atoms with Crippen molar-refractivity contribution in [2.75, 3.05) is 0 Å². The smallest absolute Gasteiger partial charge is 0.127 e. The van der Waals surface area contributed by atoms with Crippen molar-refractivity contribution < 1.29 is 14.9 Å². The largest absolute Gasteiger partial charge is 0.508 e. The maximum absolute atomic E-state index is 9.71. The molecule has 2 N–H and O–H groups in total. The van der Waals surface area contributed by atoms with Gasteiger partial charge in [-0.3, -0.25) is 0 Å². The topological polar surface area (TPSA) is 49.7 Å². The highest BCUT2D eigenvalue weighted by molar-refractivity contribution is 5.45. The van der Waals surface area contributed by atoms with E-state index in [1.807, 2.05) is 18.2 Å². The molecule has 2 aromatic rings. The lowest BCUT2D eigenvalue weighted by molar-refractivity contribution is 0.104. The Balaban J connectivity index is 1.77. The summed E-state index contributed by atoms with van der Waals surface area (Å²) in [7, 11) is 0. The molecule has 2 aromatic carbocycles. The van der Waals surface area contributed by atoms with Crippen LogP contribution in [0.2, 0.25) is 0 Å². The summed E-state index contributed by atoms with van der Waals surface area (Å²) >= 11 is 0. The number of fused-ring (bicyclic) bond motifs is 3. The maximum atomic E-state index is 9.71. The van der Waals surface area contributed by atoms with Crippen LogP contribution in [0.15, 0.2) is 42.5 Å². The molecule has 1 fully saturated rings. The number of phenols is 2. The Bertz CT molecular complexity index is 663. The monoisotopic (exact) mass is 282 g/mol. The summed E-state index contributed by atoms with van der Waals surface area (Å²) < 4.78 is 6.21. The van der Waals surface area contributed by atoms with E-state index in [1.54, 1.807) is 24.3 Å². The molecular formula is C18H18O3. The van der Waals surface area contributed by atoms with Crippen molar-refractivity contribution in [2.45, 2.75) is 31.3 Å². The van der Waals surface area contributed by atoms with Gasteiger partial charge in [-0.25, -0.2) is 0 Å². The van der Waals surface area contributed by atoms with Crippen LogP contribution < -0.4 is 4.74 Å². The van der Waals surface area contributed by atoms with Crippen molar-refractivity contribution in [3.8, 4) is 17.2 Å². The molecule has 0 saturated heterocycles. The van der Waals surface area contributed by atoms with Crippen molar-refractivity contribution in [3.63, 3.8) is 0 Å². The van der Waals surface area contributed by atoms with Crippen LogP contribution in [0.4, 0.5) is 0 Å². The minimum atomic E-state index is 0.00685. The molecule has 0 spiro atoms. The van der Waals surface area contributed by atoms with Crippen LogP contribution >= 0.6 is 0 Å². The van der Waals surface area contributed by atoms with E-state index < -0.39 is 0 Å². The first-order chi connectivity index (χ1) is 10.2. The summed E-state index contributed by atoms with van der Waals surface area (Å²) in [6.07, 6.45) is 3.57. The minimum absolute atomic E-state index is 0.00685. The first-order valence-corrected chi connectivity index (χ1v) is 7.51. The van der Waals surface area contributed by atoms with Gasteiger partial charge in [0.25, 0.3) is 0 Å². The molecule has 0 aromatic heterocycles. The van der Waals surface area contributed by atoms with Gasteiger partial charge in [0, 0.05) is 12.0 Å². The fourth-order valence-electron chi connectivity index (χ4n) is 3.87. The molecule has 1 aliphatic carbocycles. The van der Waals surface area contributed by atoms with Gasteiger partial charge in [-0.2, -0.15) is 0 Å². The van der Waals surface area contributed by atoms with Gasteiger partial charge in [-0.15, -0.1) is 0 Å². The molecular weight excluding hydrogens is 264 g/mol. The third-order valence-corrected chi connectivity index (χ3v) is 4.83. The molecule has 0 amide bonds. The highest BCUT2D eigenvalue weighted by Gasteiger charge is 2.41. The van der Waals surface area contributed by atoms with E-state index in [-0.39, 0.29) is 17.6 Å². The van der Waals surface area contributed by atoms with E-state index in [9.17, 15) is 10.2 Å². The molecule has 0 unspecified atom stereocenters. The standard InChI is InChI=1S/C18H18O3/c19-12-6-4-11(5-7-12)18-16-3-1-2-14(16)15-9-8-13(20)10-17(15)21-18/h4-10,14,16,18-20H,1-3H2/t14-,16-,18-/m1/s1. The van der Waals surface area contributed by atoms with Crippen LogP contribution in [0.3, 0.4) is 0 Å². The lowest BCUT2D eigenvalue weighted by Crippen LogP contribution is -2.26. The fourth-order valence-corrected chi connectivity index (χ4v) is 3.87. The summed E-state index contributed by atoms with van der Waals surface area (Å²) in [5.41, 5.74) is 2.32. The molecule has 2 aliphatic rings. The number of rotatable bonds is 1. The van der Waals surface area contributed by atoms with Crippen LogP contribution in [-0.4, -0.2) is 10.2 Å². The summed E-state index contributed by atoms with van der Waals surface area (Å²) in [6, 6.07) is 12.8. The van der Waals surface area contributed by atoms with Gasteiger partial charge in [-0.1, -0.05) is 24.6 Å². The zero-order chi connectivity index (χ0) is 14.4. The van der Waals surface area contributed by atoms with E-state index >= 15 is 0 Å². The van der Waals surface area contributed by atoms with Gasteiger partial charge >= 0.3 is 0 Å². The molecule has 21 heavy (non-hydrogen) atoms. The van der Waals surface area contributed by atoms with Crippen molar-refractivity contribution in [1.29, 1.82) is 0 Å². The van der Waals surface area contributed by atoms with Gasteiger partial charge in [0.05, 0.1) is 0 Å². The van der Waals surface area contributed by atoms with Crippen LogP contribution in [0.1, 0.15) is 42.4 Å². The first-order valence-electron chi connectivity index (χ1n) is 7.51. The predicted molar refractivity (Wildman–Crippen MR) is 79.7 cm³/mol. The molecule has 3 atom stereocenters. The number of hydrogen-bond donors (Lipinski definition) is 2. The Hall–Kier alpha value is -2.16. The highest BCUT2D eigenvalue weighted by Crippen LogP contribution is 2.54. The van der Waals surface area contributed by atoms with E-state index in [2.05, 4.69) is 0 Å². The second-order valence-corrected chi connectivity index (χ2v) is 6.05. The Morgan fingerprint density at radius 3 is 2.48 bits per heavy atom. The van der Waals surface area contributed by atoms with Crippen molar-refractivity contribution in [2.24, 2.45) is 5.92 Å². The number of phenolic OH excluding ortho intramolecular Hbond substituents is 2. The number of aromatic hydroxyl groups is 2. The predicted octanol–water partition coefficient (Wildman–Crippen LogP) is 4.12. The Kier molecular flexibility index (Phi) is 2.81. The van der Waals surface area contributed by atoms with Crippen molar-refractivity contribution >= 4 is 0 Å². The van der Waals surface area contributed by atoms with Crippen molar-refractivity contribution in [1.82, 2.24) is 0 Å². The Morgan fingerprint density at radius 2 is 1.67 bits per heavy atom. The quantitative estimate of drug-likeness (QED) is 0.827. The van der Waals surface area contributed by atoms with E-state index in [0.29, 0.717) is 11.8 Å². The van der Waals surface area contributed by atoms with Gasteiger partial charge in [-0.05, 0) is 48.1 Å². The van der Waals surface area contributed by atoms with Crippen LogP contribution in [0.5, 0.6) is 17.2 Å².